The van der Waals surface area contributed by atoms with Crippen LogP contribution in [0.25, 0.3) is 33.2 Å². The van der Waals surface area contributed by atoms with Crippen LogP contribution in [-0.2, 0) is 11.8 Å². The van der Waals surface area contributed by atoms with Gasteiger partial charge in [-0.05, 0) is 37.5 Å². The number of hydrogen-bond donors (Lipinski definition) is 3. The first-order valence-corrected chi connectivity index (χ1v) is 10.2. The molecule has 1 saturated carbocycles. The molecule has 1 aliphatic carbocycles. The van der Waals surface area contributed by atoms with Gasteiger partial charge in [0.15, 0.2) is 0 Å². The molecular weight excluding hydrogens is 380 g/mol. The van der Waals surface area contributed by atoms with E-state index in [1.165, 1.54) is 0 Å². The van der Waals surface area contributed by atoms with E-state index in [9.17, 15) is 4.79 Å². The number of fused-ring (bicyclic) bond motifs is 2. The van der Waals surface area contributed by atoms with Gasteiger partial charge in [-0.3, -0.25) is 4.79 Å². The molecule has 5 rings (SSSR count). The van der Waals surface area contributed by atoms with Crippen molar-refractivity contribution in [3.05, 3.63) is 30.6 Å². The van der Waals surface area contributed by atoms with Crippen LogP contribution in [0.1, 0.15) is 33.1 Å². The van der Waals surface area contributed by atoms with Crippen molar-refractivity contribution < 1.29 is 4.79 Å². The molecule has 0 aliphatic heterocycles. The Balaban J connectivity index is 1.34. The number of amides is 1. The van der Waals surface area contributed by atoms with Crippen molar-refractivity contribution in [1.29, 1.82) is 0 Å². The number of H-pyrrole nitrogens is 1. The van der Waals surface area contributed by atoms with Crippen molar-refractivity contribution in [3.63, 3.8) is 0 Å². The van der Waals surface area contributed by atoms with Crippen LogP contribution < -0.4 is 10.6 Å². The van der Waals surface area contributed by atoms with Crippen LogP contribution in [0, 0.1) is 0 Å². The number of carbonyl (C=O) groups is 1. The van der Waals surface area contributed by atoms with E-state index in [4.69, 9.17) is 0 Å². The second kappa shape index (κ2) is 6.79. The number of aromatic nitrogens is 6. The minimum atomic E-state index is -0.145. The van der Waals surface area contributed by atoms with E-state index in [1.807, 2.05) is 38.5 Å². The van der Waals surface area contributed by atoms with Crippen molar-refractivity contribution in [2.45, 2.75) is 44.7 Å². The third kappa shape index (κ3) is 3.16. The van der Waals surface area contributed by atoms with Gasteiger partial charge in [0, 0.05) is 48.4 Å². The Morgan fingerprint density at radius 2 is 2.20 bits per heavy atom. The van der Waals surface area contributed by atoms with Gasteiger partial charge in [-0.1, -0.05) is 18.2 Å². The molecule has 0 radical (unpaired) electrons. The van der Waals surface area contributed by atoms with Gasteiger partial charge < -0.3 is 15.6 Å². The van der Waals surface area contributed by atoms with E-state index in [1.54, 1.807) is 4.68 Å². The number of benzene rings is 1. The summed E-state index contributed by atoms with van der Waals surface area (Å²) in [6.07, 6.45) is 6.02. The fourth-order valence-electron chi connectivity index (χ4n) is 4.25. The summed E-state index contributed by atoms with van der Waals surface area (Å²) in [5.41, 5.74) is 4.58. The van der Waals surface area contributed by atoms with Gasteiger partial charge in [-0.2, -0.15) is 4.98 Å². The van der Waals surface area contributed by atoms with Gasteiger partial charge in [0.1, 0.15) is 11.2 Å². The maximum absolute atomic E-state index is 11.7. The normalized spacial score (nSPS) is 21.0. The molecule has 0 bridgehead atoms. The highest BCUT2D eigenvalue weighted by atomic mass is 16.1. The molecule has 0 spiro atoms. The Morgan fingerprint density at radius 1 is 1.37 bits per heavy atom. The van der Waals surface area contributed by atoms with E-state index in [2.05, 4.69) is 48.9 Å². The summed E-state index contributed by atoms with van der Waals surface area (Å²) in [5, 5.41) is 15.6. The van der Waals surface area contributed by atoms with Crippen LogP contribution in [0.15, 0.2) is 30.6 Å². The summed E-state index contributed by atoms with van der Waals surface area (Å²) in [6.45, 7) is 3.95. The van der Waals surface area contributed by atoms with Gasteiger partial charge in [-0.25, -0.2) is 9.67 Å². The smallest absolute Gasteiger partial charge is 0.224 e. The number of nitrogens with zero attached hydrogens (tertiary/aromatic N) is 5. The van der Waals surface area contributed by atoms with Crippen LogP contribution >= 0.6 is 0 Å². The fourth-order valence-corrected chi connectivity index (χ4v) is 4.25. The Morgan fingerprint density at radius 3 is 3.00 bits per heavy atom. The Hall–Kier alpha value is -3.49. The molecule has 1 aromatic carbocycles. The fraction of sp³-hybridized carbons (Fsp3) is 0.381. The Kier molecular flexibility index (Phi) is 4.19. The lowest BCUT2D eigenvalue weighted by Crippen LogP contribution is -2.59. The van der Waals surface area contributed by atoms with Crippen LogP contribution in [0.2, 0.25) is 0 Å². The Labute approximate surface area is 173 Å². The zero-order chi connectivity index (χ0) is 20.9. The zero-order valence-corrected chi connectivity index (χ0v) is 17.2. The van der Waals surface area contributed by atoms with Crippen LogP contribution in [0.5, 0.6) is 0 Å². The first-order chi connectivity index (χ1) is 14.4. The second-order valence-corrected chi connectivity index (χ2v) is 8.29. The SMILES string of the molecule is CCC(=O)N[C@]1(C)C[C@H](Nc2ncc3c(-c4ccc5nnn(C)c5c4)c[nH]c3n2)C1. The maximum Gasteiger partial charge on any atom is 0.224 e. The number of carbonyl (C=O) groups excluding carboxylic acids is 1. The van der Waals surface area contributed by atoms with Gasteiger partial charge in [0.2, 0.25) is 11.9 Å². The van der Waals surface area contributed by atoms with E-state index in [0.29, 0.717) is 12.4 Å². The summed E-state index contributed by atoms with van der Waals surface area (Å²) in [5.74, 6) is 0.684. The van der Waals surface area contributed by atoms with Crippen molar-refractivity contribution in [2.75, 3.05) is 5.32 Å². The summed E-state index contributed by atoms with van der Waals surface area (Å²) in [4.78, 5) is 24.1. The van der Waals surface area contributed by atoms with Crippen LogP contribution in [0.3, 0.4) is 0 Å². The standard InChI is InChI=1S/C21H24N8O/c1-4-18(30)26-21(2)8-13(9-21)24-20-23-11-15-14(10-22-19(15)25-20)12-5-6-16-17(7-12)29(3)28-27-16/h5-7,10-11,13H,4,8-9H2,1-3H3,(H,26,30)(H2,22,23,24,25)/t13-,21+. The van der Waals surface area contributed by atoms with E-state index >= 15 is 0 Å². The van der Waals surface area contributed by atoms with Gasteiger partial charge >= 0.3 is 0 Å². The molecule has 1 amide bonds. The average Bonchev–Trinajstić information content (AvgIpc) is 3.29. The number of rotatable bonds is 5. The second-order valence-electron chi connectivity index (χ2n) is 8.29. The molecule has 3 aromatic heterocycles. The molecule has 3 N–H and O–H groups in total. The highest BCUT2D eigenvalue weighted by Gasteiger charge is 2.41. The number of anilines is 1. The molecule has 1 fully saturated rings. The lowest BCUT2D eigenvalue weighted by molar-refractivity contribution is -0.123. The summed E-state index contributed by atoms with van der Waals surface area (Å²) in [7, 11) is 1.88. The van der Waals surface area contributed by atoms with Gasteiger partial charge in [0.05, 0.1) is 5.52 Å². The summed E-state index contributed by atoms with van der Waals surface area (Å²) < 4.78 is 1.77. The van der Waals surface area contributed by atoms with Gasteiger partial charge in [0.25, 0.3) is 0 Å². The zero-order valence-electron chi connectivity index (χ0n) is 17.2. The van der Waals surface area contributed by atoms with Crippen LogP contribution in [-0.4, -0.2) is 47.4 Å². The van der Waals surface area contributed by atoms with Crippen LogP contribution in [0.4, 0.5) is 5.95 Å². The average molecular weight is 404 g/mol. The summed E-state index contributed by atoms with van der Waals surface area (Å²) >= 11 is 0. The molecule has 9 nitrogen and oxygen atoms in total. The predicted octanol–water partition coefficient (Wildman–Crippen LogP) is 2.77. The first-order valence-electron chi connectivity index (χ1n) is 10.2. The first kappa shape index (κ1) is 18.5. The molecule has 0 atom stereocenters. The molecule has 1 aliphatic rings. The molecule has 0 unspecified atom stereocenters. The van der Waals surface area contributed by atoms with Crippen molar-refractivity contribution in [2.24, 2.45) is 7.05 Å². The lowest BCUT2D eigenvalue weighted by atomic mass is 9.74. The minimum absolute atomic E-state index is 0.0904. The van der Waals surface area contributed by atoms with Crippen molar-refractivity contribution in [3.8, 4) is 11.1 Å². The molecular formula is C21H24N8O. The highest BCUT2D eigenvalue weighted by Crippen LogP contribution is 2.34. The van der Waals surface area contributed by atoms with E-state index in [-0.39, 0.29) is 17.5 Å². The summed E-state index contributed by atoms with van der Waals surface area (Å²) in [6, 6.07) is 6.33. The third-order valence-corrected chi connectivity index (χ3v) is 5.84. The molecule has 9 heteroatoms. The minimum Gasteiger partial charge on any atom is -0.351 e. The maximum atomic E-state index is 11.7. The number of hydrogen-bond acceptors (Lipinski definition) is 6. The van der Waals surface area contributed by atoms with E-state index < -0.39 is 0 Å². The number of aryl methyl sites for hydroxylation is 1. The molecule has 4 aromatic rings. The lowest BCUT2D eigenvalue weighted by Gasteiger charge is -2.45. The van der Waals surface area contributed by atoms with Crippen molar-refractivity contribution >= 4 is 33.9 Å². The Bertz CT molecular complexity index is 1250. The topological polar surface area (TPSA) is 113 Å². The third-order valence-electron chi connectivity index (χ3n) is 5.84. The molecule has 0 saturated heterocycles. The van der Waals surface area contributed by atoms with Crippen molar-refractivity contribution in [1.82, 2.24) is 35.3 Å². The highest BCUT2D eigenvalue weighted by molar-refractivity contribution is 5.95. The molecule has 30 heavy (non-hydrogen) atoms. The number of nitrogens with one attached hydrogen (secondary N) is 3. The quantitative estimate of drug-likeness (QED) is 0.471. The molecule has 154 valence electrons. The molecule has 3 heterocycles. The monoisotopic (exact) mass is 404 g/mol. The number of aromatic amines is 1. The van der Waals surface area contributed by atoms with E-state index in [0.717, 1.165) is 46.0 Å². The largest absolute Gasteiger partial charge is 0.351 e. The predicted molar refractivity (Wildman–Crippen MR) is 115 cm³/mol. The van der Waals surface area contributed by atoms with Gasteiger partial charge in [-0.15, -0.1) is 5.10 Å².